The standard InChI is InChI=1S/C32H66O9/c1-32(2,3)41-18-15-13-11-9-7-5-4-6-8-10-12-14-17-34-20-22-36-24-26-38-28-30-40-31-29-39-27-25-37-23-21-35-19-16-33/h33H,4-31H2,1-3H3. The zero-order chi connectivity index (χ0) is 30.0. The fourth-order valence-corrected chi connectivity index (χ4v) is 3.94. The molecule has 0 aliphatic rings. The highest BCUT2D eigenvalue weighted by atomic mass is 16.6. The number of rotatable bonds is 35. The summed E-state index contributed by atoms with van der Waals surface area (Å²) in [5.41, 5.74) is 0.00502. The summed E-state index contributed by atoms with van der Waals surface area (Å²) in [7, 11) is 0. The van der Waals surface area contributed by atoms with Gasteiger partial charge in [0.05, 0.1) is 98.1 Å². The van der Waals surface area contributed by atoms with E-state index >= 15 is 0 Å². The van der Waals surface area contributed by atoms with Crippen LogP contribution in [0.15, 0.2) is 0 Å². The minimum absolute atomic E-state index is 0.00502. The van der Waals surface area contributed by atoms with Crippen molar-refractivity contribution in [2.45, 2.75) is 103 Å². The van der Waals surface area contributed by atoms with Crippen molar-refractivity contribution in [3.8, 4) is 0 Å². The molecule has 9 nitrogen and oxygen atoms in total. The maximum atomic E-state index is 8.58. The van der Waals surface area contributed by atoms with Gasteiger partial charge in [-0.3, -0.25) is 0 Å². The summed E-state index contributed by atoms with van der Waals surface area (Å²) in [5, 5.41) is 8.58. The van der Waals surface area contributed by atoms with Gasteiger partial charge >= 0.3 is 0 Å². The Labute approximate surface area is 252 Å². The summed E-state index contributed by atoms with van der Waals surface area (Å²) in [6, 6.07) is 0. The average molecular weight is 595 g/mol. The second kappa shape index (κ2) is 34.1. The number of aliphatic hydroxyl groups excluding tert-OH is 1. The third-order valence-corrected chi connectivity index (χ3v) is 6.19. The first-order valence-corrected chi connectivity index (χ1v) is 16.4. The summed E-state index contributed by atoms with van der Waals surface area (Å²) in [6.07, 6.45) is 15.8. The van der Waals surface area contributed by atoms with Gasteiger partial charge in [0, 0.05) is 13.2 Å². The molecule has 0 spiro atoms. The molecule has 9 heteroatoms. The van der Waals surface area contributed by atoms with E-state index in [0.29, 0.717) is 85.9 Å². The highest BCUT2D eigenvalue weighted by molar-refractivity contribution is 4.58. The van der Waals surface area contributed by atoms with E-state index in [2.05, 4.69) is 20.8 Å². The van der Waals surface area contributed by atoms with Crippen molar-refractivity contribution in [1.82, 2.24) is 0 Å². The zero-order valence-corrected chi connectivity index (χ0v) is 27.0. The van der Waals surface area contributed by atoms with Crippen molar-refractivity contribution >= 4 is 0 Å². The largest absolute Gasteiger partial charge is 0.394 e. The molecule has 41 heavy (non-hydrogen) atoms. The van der Waals surface area contributed by atoms with Crippen LogP contribution in [0.25, 0.3) is 0 Å². The Morgan fingerprint density at radius 2 is 0.561 bits per heavy atom. The lowest BCUT2D eigenvalue weighted by Crippen LogP contribution is -2.19. The number of hydrogen-bond donors (Lipinski definition) is 1. The van der Waals surface area contributed by atoms with Gasteiger partial charge in [0.25, 0.3) is 0 Å². The molecule has 0 aromatic heterocycles. The Morgan fingerprint density at radius 3 is 0.854 bits per heavy atom. The van der Waals surface area contributed by atoms with Gasteiger partial charge in [-0.25, -0.2) is 0 Å². The number of unbranched alkanes of at least 4 members (excludes halogenated alkanes) is 11. The summed E-state index contributed by atoms with van der Waals surface area (Å²) in [4.78, 5) is 0. The molecular formula is C32H66O9. The molecule has 0 saturated carbocycles. The van der Waals surface area contributed by atoms with Crippen LogP contribution >= 0.6 is 0 Å². The van der Waals surface area contributed by atoms with Crippen molar-refractivity contribution in [2.75, 3.05) is 106 Å². The zero-order valence-electron chi connectivity index (χ0n) is 27.0. The van der Waals surface area contributed by atoms with E-state index < -0.39 is 0 Å². The van der Waals surface area contributed by atoms with Crippen molar-refractivity contribution in [2.24, 2.45) is 0 Å². The normalized spacial score (nSPS) is 12.0. The van der Waals surface area contributed by atoms with Gasteiger partial charge in [0.2, 0.25) is 0 Å². The van der Waals surface area contributed by atoms with E-state index in [0.717, 1.165) is 19.6 Å². The molecule has 0 atom stereocenters. The van der Waals surface area contributed by atoms with Gasteiger partial charge in [-0.05, 0) is 33.6 Å². The minimum Gasteiger partial charge on any atom is -0.394 e. The van der Waals surface area contributed by atoms with E-state index in [1.54, 1.807) is 0 Å². The van der Waals surface area contributed by atoms with E-state index in [4.69, 9.17) is 43.0 Å². The number of aliphatic hydroxyl groups is 1. The van der Waals surface area contributed by atoms with E-state index in [-0.39, 0.29) is 12.2 Å². The summed E-state index contributed by atoms with van der Waals surface area (Å²) in [5.74, 6) is 0. The number of hydrogen-bond acceptors (Lipinski definition) is 9. The topological polar surface area (TPSA) is 94.1 Å². The second-order valence-electron chi connectivity index (χ2n) is 11.2. The Hall–Kier alpha value is -0.360. The molecule has 0 rings (SSSR count). The Kier molecular flexibility index (Phi) is 33.8. The molecule has 0 bridgehead atoms. The van der Waals surface area contributed by atoms with Gasteiger partial charge in [0.1, 0.15) is 0 Å². The van der Waals surface area contributed by atoms with Gasteiger partial charge in [-0.15, -0.1) is 0 Å². The van der Waals surface area contributed by atoms with Crippen LogP contribution in [-0.4, -0.2) is 116 Å². The smallest absolute Gasteiger partial charge is 0.0701 e. The van der Waals surface area contributed by atoms with Crippen LogP contribution in [-0.2, 0) is 37.9 Å². The van der Waals surface area contributed by atoms with E-state index in [9.17, 15) is 0 Å². The molecule has 0 aliphatic heterocycles. The highest BCUT2D eigenvalue weighted by Gasteiger charge is 2.08. The quantitative estimate of drug-likeness (QED) is 0.0942. The van der Waals surface area contributed by atoms with Crippen LogP contribution in [0.1, 0.15) is 97.8 Å². The van der Waals surface area contributed by atoms with Gasteiger partial charge in [-0.1, -0.05) is 64.2 Å². The van der Waals surface area contributed by atoms with E-state index in [1.807, 2.05) is 0 Å². The molecule has 0 amide bonds. The molecule has 0 aromatic carbocycles. The van der Waals surface area contributed by atoms with Crippen LogP contribution < -0.4 is 0 Å². The molecular weight excluding hydrogens is 528 g/mol. The lowest BCUT2D eigenvalue weighted by atomic mass is 10.1. The van der Waals surface area contributed by atoms with Crippen LogP contribution in [0.5, 0.6) is 0 Å². The van der Waals surface area contributed by atoms with E-state index in [1.165, 1.54) is 70.6 Å². The number of ether oxygens (including phenoxy) is 8. The third kappa shape index (κ3) is 39.6. The minimum atomic E-state index is 0.00502. The lowest BCUT2D eigenvalue weighted by Gasteiger charge is -2.19. The second-order valence-corrected chi connectivity index (χ2v) is 11.2. The van der Waals surface area contributed by atoms with Crippen molar-refractivity contribution < 1.29 is 43.0 Å². The summed E-state index contributed by atoms with van der Waals surface area (Å²) in [6.45, 7) is 15.1. The maximum Gasteiger partial charge on any atom is 0.0701 e. The van der Waals surface area contributed by atoms with Crippen molar-refractivity contribution in [3.05, 3.63) is 0 Å². The van der Waals surface area contributed by atoms with Crippen molar-refractivity contribution in [1.29, 1.82) is 0 Å². The Balaban J connectivity index is 3.04. The third-order valence-electron chi connectivity index (χ3n) is 6.19. The lowest BCUT2D eigenvalue weighted by molar-refractivity contribution is -0.0215. The average Bonchev–Trinajstić information content (AvgIpc) is 2.94. The fourth-order valence-electron chi connectivity index (χ4n) is 3.94. The summed E-state index contributed by atoms with van der Waals surface area (Å²) >= 11 is 0. The first kappa shape index (κ1) is 40.6. The molecule has 1 N–H and O–H groups in total. The molecule has 0 fully saturated rings. The molecule has 0 saturated heterocycles. The summed E-state index contributed by atoms with van der Waals surface area (Å²) < 4.78 is 43.8. The highest BCUT2D eigenvalue weighted by Crippen LogP contribution is 2.13. The molecule has 0 aliphatic carbocycles. The molecule has 0 radical (unpaired) electrons. The monoisotopic (exact) mass is 594 g/mol. The predicted molar refractivity (Wildman–Crippen MR) is 164 cm³/mol. The SMILES string of the molecule is CC(C)(C)OCCCCCCCCCCCCCCOCCOCCOCCOCCOCCOCCOCCO. The van der Waals surface area contributed by atoms with Crippen LogP contribution in [0, 0.1) is 0 Å². The van der Waals surface area contributed by atoms with Crippen molar-refractivity contribution in [3.63, 3.8) is 0 Å². The first-order valence-electron chi connectivity index (χ1n) is 16.4. The van der Waals surface area contributed by atoms with Gasteiger partial charge in [0.15, 0.2) is 0 Å². The Morgan fingerprint density at radius 1 is 0.317 bits per heavy atom. The van der Waals surface area contributed by atoms with Crippen LogP contribution in [0.2, 0.25) is 0 Å². The predicted octanol–water partition coefficient (Wildman–Crippen LogP) is 5.59. The molecule has 0 heterocycles. The van der Waals surface area contributed by atoms with Crippen LogP contribution in [0.4, 0.5) is 0 Å². The maximum absolute atomic E-state index is 8.58. The van der Waals surface area contributed by atoms with Gasteiger partial charge in [-0.2, -0.15) is 0 Å². The fraction of sp³-hybridized carbons (Fsp3) is 1.00. The Bertz CT molecular complexity index is 475. The van der Waals surface area contributed by atoms with Gasteiger partial charge < -0.3 is 43.0 Å². The molecule has 0 unspecified atom stereocenters. The van der Waals surface area contributed by atoms with Crippen LogP contribution in [0.3, 0.4) is 0 Å². The first-order chi connectivity index (χ1) is 20.1. The molecule has 248 valence electrons. The molecule has 0 aromatic rings.